The number of carbonyl (C=O) groups is 3. The third-order valence-corrected chi connectivity index (χ3v) is 14.8. The van der Waals surface area contributed by atoms with Crippen molar-refractivity contribution in [2.24, 2.45) is 0 Å². The summed E-state index contributed by atoms with van der Waals surface area (Å²) in [4.78, 5) is 38.4. The van der Waals surface area contributed by atoms with Crippen molar-refractivity contribution >= 4 is 17.9 Å². The zero-order valence-electron chi connectivity index (χ0n) is 52.8. The van der Waals surface area contributed by atoms with Crippen LogP contribution in [0, 0.1) is 0 Å². The molecule has 6 nitrogen and oxygen atoms in total. The van der Waals surface area contributed by atoms with E-state index in [1.807, 2.05) is 0 Å². The lowest BCUT2D eigenvalue weighted by atomic mass is 10.0. The zero-order chi connectivity index (χ0) is 57.8. The molecule has 0 spiro atoms. The molecule has 0 aromatic carbocycles. The second-order valence-corrected chi connectivity index (χ2v) is 22.7. The first-order valence-electron chi connectivity index (χ1n) is 34.2. The van der Waals surface area contributed by atoms with Crippen molar-refractivity contribution in [2.45, 2.75) is 341 Å². The molecule has 0 aromatic heterocycles. The molecule has 80 heavy (non-hydrogen) atoms. The largest absolute Gasteiger partial charge is 0.462 e. The molecule has 0 radical (unpaired) electrons. The Labute approximate surface area is 496 Å². The van der Waals surface area contributed by atoms with Crippen molar-refractivity contribution in [1.29, 1.82) is 0 Å². The molecule has 0 aromatic rings. The summed E-state index contributed by atoms with van der Waals surface area (Å²) in [6.45, 7) is 6.53. The standard InChI is InChI=1S/C74H128O6/c1-4-7-10-13-16-19-22-25-27-29-31-33-35-36-37-38-39-41-42-44-46-49-52-55-58-61-64-67-73(76)79-70-71(69-78-72(75)66-63-60-57-54-51-48-24-21-18-15-12-9-6-3)80-74(77)68-65-62-59-56-53-50-47-45-43-40-34-32-30-28-26-23-20-17-14-11-8-5-2/h7,10,16,19,21,24-25,27,31,33,36-37,39,41,44,46,71H,4-6,8-9,11-15,17-18,20,22-23,26,28-30,32,34-35,38,40,42-43,45,47-70H2,1-3H3/b10-7-,19-16-,24-21-,27-25-,33-31-,37-36-,41-39-,46-44-. The highest BCUT2D eigenvalue weighted by molar-refractivity contribution is 5.71. The monoisotopic (exact) mass is 1110 g/mol. The van der Waals surface area contributed by atoms with Crippen LogP contribution in [-0.2, 0) is 28.6 Å². The summed E-state index contributed by atoms with van der Waals surface area (Å²) in [6, 6.07) is 0. The van der Waals surface area contributed by atoms with E-state index in [2.05, 4.69) is 118 Å². The maximum Gasteiger partial charge on any atom is 0.306 e. The maximum atomic E-state index is 12.9. The highest BCUT2D eigenvalue weighted by Crippen LogP contribution is 2.17. The van der Waals surface area contributed by atoms with E-state index in [1.165, 1.54) is 167 Å². The third-order valence-electron chi connectivity index (χ3n) is 14.8. The summed E-state index contributed by atoms with van der Waals surface area (Å²) in [5.41, 5.74) is 0. The fourth-order valence-corrected chi connectivity index (χ4v) is 9.71. The van der Waals surface area contributed by atoms with Gasteiger partial charge in [-0.2, -0.15) is 0 Å². The second kappa shape index (κ2) is 67.8. The van der Waals surface area contributed by atoms with Gasteiger partial charge in [0.1, 0.15) is 13.2 Å². The molecule has 1 atom stereocenters. The van der Waals surface area contributed by atoms with Gasteiger partial charge >= 0.3 is 17.9 Å². The second-order valence-electron chi connectivity index (χ2n) is 22.7. The Balaban J connectivity index is 4.34. The number of ether oxygens (including phenoxy) is 3. The minimum absolute atomic E-state index is 0.0855. The van der Waals surface area contributed by atoms with Gasteiger partial charge in [0.15, 0.2) is 6.10 Å². The predicted octanol–water partition coefficient (Wildman–Crippen LogP) is 23.6. The summed E-state index contributed by atoms with van der Waals surface area (Å²) in [5.74, 6) is -0.898. The van der Waals surface area contributed by atoms with Crippen molar-refractivity contribution in [1.82, 2.24) is 0 Å². The molecule has 0 saturated carbocycles. The summed E-state index contributed by atoms with van der Waals surface area (Å²) >= 11 is 0. The van der Waals surface area contributed by atoms with Crippen LogP contribution in [0.25, 0.3) is 0 Å². The van der Waals surface area contributed by atoms with Crippen molar-refractivity contribution in [3.05, 3.63) is 97.2 Å². The molecule has 0 aliphatic carbocycles. The quantitative estimate of drug-likeness (QED) is 0.0261. The fourth-order valence-electron chi connectivity index (χ4n) is 9.71. The molecule has 0 fully saturated rings. The average molecular weight is 1110 g/mol. The normalized spacial score (nSPS) is 12.7. The summed E-state index contributed by atoms with van der Waals surface area (Å²) in [6.07, 6.45) is 91.4. The van der Waals surface area contributed by atoms with Crippen LogP contribution in [0.4, 0.5) is 0 Å². The number of carbonyl (C=O) groups excluding carboxylic acids is 3. The average Bonchev–Trinajstić information content (AvgIpc) is 3.46. The molecule has 0 N–H and O–H groups in total. The summed E-state index contributed by atoms with van der Waals surface area (Å²) in [7, 11) is 0. The smallest absolute Gasteiger partial charge is 0.306 e. The van der Waals surface area contributed by atoms with Gasteiger partial charge in [-0.05, 0) is 103 Å². The van der Waals surface area contributed by atoms with Gasteiger partial charge in [-0.25, -0.2) is 0 Å². The fraction of sp³-hybridized carbons (Fsp3) is 0.743. The van der Waals surface area contributed by atoms with Crippen LogP contribution < -0.4 is 0 Å². The highest BCUT2D eigenvalue weighted by atomic mass is 16.6. The molecule has 460 valence electrons. The van der Waals surface area contributed by atoms with Gasteiger partial charge in [0.2, 0.25) is 0 Å². The number of hydrogen-bond donors (Lipinski definition) is 0. The molecule has 0 rings (SSSR count). The number of esters is 3. The van der Waals surface area contributed by atoms with Crippen LogP contribution in [0.3, 0.4) is 0 Å². The summed E-state index contributed by atoms with van der Waals surface area (Å²) in [5, 5.41) is 0. The minimum Gasteiger partial charge on any atom is -0.462 e. The van der Waals surface area contributed by atoms with Gasteiger partial charge in [0.05, 0.1) is 0 Å². The van der Waals surface area contributed by atoms with Crippen LogP contribution in [-0.4, -0.2) is 37.2 Å². The molecular weight excluding hydrogens is 985 g/mol. The first kappa shape index (κ1) is 76.3. The van der Waals surface area contributed by atoms with Crippen molar-refractivity contribution in [3.63, 3.8) is 0 Å². The van der Waals surface area contributed by atoms with E-state index in [9.17, 15) is 14.4 Å². The van der Waals surface area contributed by atoms with Gasteiger partial charge in [-0.3, -0.25) is 14.4 Å². The highest BCUT2D eigenvalue weighted by Gasteiger charge is 2.19. The SMILES string of the molecule is CC/C=C\C/C=C\C/C=C\C/C=C\C/C=C\C/C=C\C/C=C\CCCCCCCC(=O)OCC(COC(=O)CCCCCCC/C=C\CCCCCC)OC(=O)CCCCCCCCCCCCCCCCCCCCCCCC. The van der Waals surface area contributed by atoms with E-state index in [0.717, 1.165) is 128 Å². The van der Waals surface area contributed by atoms with E-state index in [0.29, 0.717) is 19.3 Å². The number of unbranched alkanes of at least 4 members (excludes halogenated alkanes) is 35. The number of allylic oxidation sites excluding steroid dienone is 16. The van der Waals surface area contributed by atoms with Crippen LogP contribution in [0.2, 0.25) is 0 Å². The lowest BCUT2D eigenvalue weighted by Crippen LogP contribution is -2.30. The Morgan fingerprint density at radius 2 is 0.487 bits per heavy atom. The Hall–Kier alpha value is -3.67. The van der Waals surface area contributed by atoms with Crippen LogP contribution in [0.15, 0.2) is 97.2 Å². The van der Waals surface area contributed by atoms with E-state index < -0.39 is 6.10 Å². The van der Waals surface area contributed by atoms with E-state index in [-0.39, 0.29) is 31.1 Å². The van der Waals surface area contributed by atoms with Gasteiger partial charge < -0.3 is 14.2 Å². The van der Waals surface area contributed by atoms with Gasteiger partial charge in [0, 0.05) is 19.3 Å². The molecule has 0 heterocycles. The molecule has 6 heteroatoms. The maximum absolute atomic E-state index is 12.9. The van der Waals surface area contributed by atoms with Gasteiger partial charge in [0.25, 0.3) is 0 Å². The van der Waals surface area contributed by atoms with E-state index in [1.54, 1.807) is 0 Å². The summed E-state index contributed by atoms with van der Waals surface area (Å²) < 4.78 is 16.9. The van der Waals surface area contributed by atoms with Crippen molar-refractivity contribution in [2.75, 3.05) is 13.2 Å². The minimum atomic E-state index is -0.790. The molecule has 0 aliphatic heterocycles. The van der Waals surface area contributed by atoms with Gasteiger partial charge in [-0.1, -0.05) is 311 Å². The molecular formula is C74H128O6. The Kier molecular flexibility index (Phi) is 64.7. The van der Waals surface area contributed by atoms with Crippen LogP contribution in [0.1, 0.15) is 335 Å². The Morgan fingerprint density at radius 3 is 0.787 bits per heavy atom. The molecule has 0 saturated heterocycles. The number of rotatable bonds is 62. The first-order valence-corrected chi connectivity index (χ1v) is 34.2. The number of hydrogen-bond acceptors (Lipinski definition) is 6. The lowest BCUT2D eigenvalue weighted by molar-refractivity contribution is -0.167. The Bertz CT molecular complexity index is 1560. The third kappa shape index (κ3) is 65.1. The van der Waals surface area contributed by atoms with Crippen LogP contribution >= 0.6 is 0 Å². The van der Waals surface area contributed by atoms with Crippen LogP contribution in [0.5, 0.6) is 0 Å². The lowest BCUT2D eigenvalue weighted by Gasteiger charge is -2.18. The predicted molar refractivity (Wildman–Crippen MR) is 348 cm³/mol. The molecule has 0 aliphatic rings. The van der Waals surface area contributed by atoms with E-state index >= 15 is 0 Å². The zero-order valence-corrected chi connectivity index (χ0v) is 52.8. The Morgan fingerprint density at radius 1 is 0.263 bits per heavy atom. The molecule has 0 amide bonds. The van der Waals surface area contributed by atoms with Gasteiger partial charge in [-0.15, -0.1) is 0 Å². The van der Waals surface area contributed by atoms with Crippen molar-refractivity contribution in [3.8, 4) is 0 Å². The van der Waals surface area contributed by atoms with Crippen molar-refractivity contribution < 1.29 is 28.6 Å². The first-order chi connectivity index (χ1) is 39.5. The molecule has 0 bridgehead atoms. The van der Waals surface area contributed by atoms with E-state index in [4.69, 9.17) is 14.2 Å². The topological polar surface area (TPSA) is 78.9 Å². The molecule has 1 unspecified atom stereocenters.